The number of hydrogen-bond donors (Lipinski definition) is 3. The Morgan fingerprint density at radius 3 is 2.54 bits per heavy atom. The molecule has 0 spiro atoms. The summed E-state index contributed by atoms with van der Waals surface area (Å²) in [6.45, 7) is 10.5. The molecule has 0 saturated carbocycles. The first-order chi connectivity index (χ1) is 17.9. The summed E-state index contributed by atoms with van der Waals surface area (Å²) in [7, 11) is 0. The summed E-state index contributed by atoms with van der Waals surface area (Å²) in [5.74, 6) is 0.291. The van der Waals surface area contributed by atoms with E-state index in [4.69, 9.17) is 0 Å². The van der Waals surface area contributed by atoms with E-state index < -0.39 is 0 Å². The molecule has 0 aromatic carbocycles. The summed E-state index contributed by atoms with van der Waals surface area (Å²) >= 11 is 3.39. The number of urea groups is 1. The number of fused-ring (bicyclic) bond motifs is 2. The maximum Gasteiger partial charge on any atom is 0.320 e. The Balaban J connectivity index is 1.34. The van der Waals surface area contributed by atoms with Crippen molar-refractivity contribution in [2.24, 2.45) is 5.92 Å². The molecule has 37 heavy (non-hydrogen) atoms. The van der Waals surface area contributed by atoms with Crippen LogP contribution in [-0.4, -0.2) is 41.0 Å². The lowest BCUT2D eigenvalue weighted by molar-refractivity contribution is 0.0949. The van der Waals surface area contributed by atoms with Gasteiger partial charge in [0.1, 0.15) is 10.0 Å². The van der Waals surface area contributed by atoms with E-state index in [1.807, 2.05) is 23.5 Å². The molecule has 3 N–H and O–H groups in total. The van der Waals surface area contributed by atoms with Crippen molar-refractivity contribution in [1.29, 1.82) is 0 Å². The third-order valence-electron chi connectivity index (χ3n) is 7.23. The lowest BCUT2D eigenvalue weighted by Crippen LogP contribution is -2.32. The van der Waals surface area contributed by atoms with Crippen LogP contribution in [0, 0.1) is 5.92 Å². The van der Waals surface area contributed by atoms with E-state index in [1.54, 1.807) is 11.3 Å². The molecule has 3 aromatic heterocycles. The molecule has 0 saturated heterocycles. The summed E-state index contributed by atoms with van der Waals surface area (Å²) in [5.41, 5.74) is 4.35. The molecule has 1 aliphatic heterocycles. The number of likely N-dealkylation sites (N-methyl/N-ethyl adjacent to an activating group) is 1. The van der Waals surface area contributed by atoms with Crippen LogP contribution in [0.3, 0.4) is 0 Å². The number of anilines is 1. The number of hydrogen-bond acceptors (Lipinski definition) is 5. The highest BCUT2D eigenvalue weighted by Crippen LogP contribution is 2.39. The summed E-state index contributed by atoms with van der Waals surface area (Å²) in [4.78, 5) is 31.4. The van der Waals surface area contributed by atoms with Gasteiger partial charge in [-0.05, 0) is 67.8 Å². The number of carbonyl (C=O) groups excluding carboxylic acids is 2. The van der Waals surface area contributed by atoms with Crippen molar-refractivity contribution in [3.8, 4) is 5.00 Å². The predicted octanol–water partition coefficient (Wildman–Crippen LogP) is 5.56. The molecule has 0 bridgehead atoms. The molecule has 1 aliphatic carbocycles. The molecule has 198 valence electrons. The third kappa shape index (κ3) is 5.63. The average Bonchev–Trinajstić information content (AvgIpc) is 3.62. The summed E-state index contributed by atoms with van der Waals surface area (Å²) in [6, 6.07) is 3.80. The van der Waals surface area contributed by atoms with Gasteiger partial charge in [0.25, 0.3) is 5.91 Å². The zero-order valence-corrected chi connectivity index (χ0v) is 23.6. The predicted molar refractivity (Wildman–Crippen MR) is 152 cm³/mol. The van der Waals surface area contributed by atoms with Gasteiger partial charge in [0.05, 0.1) is 5.56 Å². The Bertz CT molecular complexity index is 1260. The van der Waals surface area contributed by atoms with Gasteiger partial charge in [0, 0.05) is 53.9 Å². The Hall–Kier alpha value is -2.62. The van der Waals surface area contributed by atoms with E-state index in [0.717, 1.165) is 57.3 Å². The van der Waals surface area contributed by atoms with E-state index in [9.17, 15) is 9.59 Å². The van der Waals surface area contributed by atoms with Crippen LogP contribution in [0.5, 0.6) is 0 Å². The number of nitrogens with zero attached hydrogens (tertiary/aromatic N) is 2. The molecule has 2 aliphatic rings. The van der Waals surface area contributed by atoms with Gasteiger partial charge in [-0.1, -0.05) is 20.8 Å². The molecule has 9 heteroatoms. The summed E-state index contributed by atoms with van der Waals surface area (Å²) in [6.07, 6.45) is 9.22. The second kappa shape index (κ2) is 11.4. The van der Waals surface area contributed by atoms with Gasteiger partial charge >= 0.3 is 6.03 Å². The number of nitrogens with one attached hydrogen (secondary N) is 3. The Labute approximate surface area is 227 Å². The van der Waals surface area contributed by atoms with Crippen LogP contribution in [0.1, 0.15) is 70.4 Å². The minimum absolute atomic E-state index is 0.0781. The van der Waals surface area contributed by atoms with Crippen molar-refractivity contribution in [1.82, 2.24) is 20.1 Å². The highest BCUT2D eigenvalue weighted by atomic mass is 32.1. The van der Waals surface area contributed by atoms with Gasteiger partial charge in [-0.2, -0.15) is 0 Å². The Morgan fingerprint density at radius 1 is 1.00 bits per heavy atom. The smallest absolute Gasteiger partial charge is 0.320 e. The first-order valence-corrected chi connectivity index (χ1v) is 15.0. The standard InChI is InChI=1S/C28H37N5O2S2/c1-4-32-14-11-19-21(27(37-23(19)17-32)33-12-7-8-13-33)16-30-28(35)31-26-24(25(34)29-15-18(2)3)20-9-5-6-10-22(20)36-26/h7-8,12-13,18H,4-6,9-11,14-17H2,1-3H3,(H,29,34)(H2,30,31,35). The number of carbonyl (C=O) groups is 2. The van der Waals surface area contributed by atoms with Crippen molar-refractivity contribution in [2.75, 3.05) is 25.0 Å². The molecule has 0 fully saturated rings. The molecule has 3 amide bonds. The molecule has 0 radical (unpaired) electrons. The number of amides is 3. The van der Waals surface area contributed by atoms with Crippen LogP contribution < -0.4 is 16.0 Å². The first-order valence-electron chi connectivity index (χ1n) is 13.4. The van der Waals surface area contributed by atoms with E-state index in [1.165, 1.54) is 25.9 Å². The zero-order valence-electron chi connectivity index (χ0n) is 22.0. The highest BCUT2D eigenvalue weighted by molar-refractivity contribution is 7.17. The molecular weight excluding hydrogens is 502 g/mol. The van der Waals surface area contributed by atoms with Crippen molar-refractivity contribution in [2.45, 2.75) is 66.0 Å². The highest BCUT2D eigenvalue weighted by Gasteiger charge is 2.27. The Kier molecular flexibility index (Phi) is 8.02. The van der Waals surface area contributed by atoms with Crippen molar-refractivity contribution in [3.63, 3.8) is 0 Å². The Morgan fingerprint density at radius 2 is 1.78 bits per heavy atom. The quantitative estimate of drug-likeness (QED) is 0.351. The normalized spacial score (nSPS) is 15.4. The second-order valence-electron chi connectivity index (χ2n) is 10.3. The van der Waals surface area contributed by atoms with Crippen LogP contribution in [-0.2, 0) is 32.4 Å². The van der Waals surface area contributed by atoms with E-state index in [2.05, 4.69) is 58.6 Å². The molecule has 3 aromatic rings. The molecule has 4 heterocycles. The van der Waals surface area contributed by atoms with E-state index in [-0.39, 0.29) is 11.9 Å². The van der Waals surface area contributed by atoms with Gasteiger partial charge in [-0.15, -0.1) is 22.7 Å². The maximum atomic E-state index is 13.2. The lowest BCUT2D eigenvalue weighted by Gasteiger charge is -2.25. The third-order valence-corrected chi connectivity index (χ3v) is 9.71. The second-order valence-corrected chi connectivity index (χ2v) is 12.5. The zero-order chi connectivity index (χ0) is 25.9. The topological polar surface area (TPSA) is 78.4 Å². The summed E-state index contributed by atoms with van der Waals surface area (Å²) in [5, 5.41) is 11.1. The van der Waals surface area contributed by atoms with Crippen LogP contribution in [0.15, 0.2) is 24.5 Å². The lowest BCUT2D eigenvalue weighted by atomic mass is 9.95. The minimum Gasteiger partial charge on any atom is -0.352 e. The van der Waals surface area contributed by atoms with Gasteiger partial charge in [0.15, 0.2) is 0 Å². The van der Waals surface area contributed by atoms with Crippen molar-refractivity contribution >= 4 is 39.6 Å². The first kappa shape index (κ1) is 26.0. The van der Waals surface area contributed by atoms with Crippen molar-refractivity contribution < 1.29 is 9.59 Å². The number of aromatic nitrogens is 1. The number of thiophene rings is 2. The summed E-state index contributed by atoms with van der Waals surface area (Å²) < 4.78 is 2.15. The largest absolute Gasteiger partial charge is 0.352 e. The molecular formula is C28H37N5O2S2. The fraction of sp³-hybridized carbons (Fsp3) is 0.500. The van der Waals surface area contributed by atoms with Gasteiger partial charge in [-0.3, -0.25) is 15.0 Å². The van der Waals surface area contributed by atoms with E-state index >= 15 is 0 Å². The van der Waals surface area contributed by atoms with Crippen LogP contribution in [0.25, 0.3) is 5.00 Å². The number of rotatable bonds is 8. The number of aryl methyl sites for hydroxylation is 1. The molecule has 7 nitrogen and oxygen atoms in total. The van der Waals surface area contributed by atoms with Gasteiger partial charge in [0.2, 0.25) is 0 Å². The fourth-order valence-electron chi connectivity index (χ4n) is 5.23. The average molecular weight is 540 g/mol. The SMILES string of the molecule is CCN1CCc2c(sc(-n3cccc3)c2CNC(=O)Nc2sc3c(c2C(=O)NCC(C)C)CCCC3)C1. The van der Waals surface area contributed by atoms with Crippen molar-refractivity contribution in [3.05, 3.63) is 56.5 Å². The molecule has 0 unspecified atom stereocenters. The van der Waals surface area contributed by atoms with Crippen LogP contribution in [0.2, 0.25) is 0 Å². The van der Waals surface area contributed by atoms with Gasteiger partial charge in [-0.25, -0.2) is 4.79 Å². The molecule has 0 atom stereocenters. The minimum atomic E-state index is -0.263. The van der Waals surface area contributed by atoms with Gasteiger partial charge < -0.3 is 15.2 Å². The van der Waals surface area contributed by atoms with Crippen LogP contribution >= 0.6 is 22.7 Å². The molecule has 5 rings (SSSR count). The maximum absolute atomic E-state index is 13.2. The fourth-order valence-corrected chi connectivity index (χ4v) is 7.89. The van der Waals surface area contributed by atoms with E-state index in [0.29, 0.717) is 29.6 Å². The monoisotopic (exact) mass is 539 g/mol. The van der Waals surface area contributed by atoms with Crippen LogP contribution in [0.4, 0.5) is 9.80 Å².